The van der Waals surface area contributed by atoms with Crippen LogP contribution >= 0.6 is 0 Å². The van der Waals surface area contributed by atoms with Crippen LogP contribution in [0.15, 0.2) is 0 Å². The highest BCUT2D eigenvalue weighted by Crippen LogP contribution is 1.83. The number of hydrogen-bond acceptors (Lipinski definition) is 2. The van der Waals surface area contributed by atoms with Gasteiger partial charge in [0.25, 0.3) is 10.1 Å². The molecule has 0 rings (SSSR count). The van der Waals surface area contributed by atoms with Crippen LogP contribution in [0.1, 0.15) is 6.42 Å². The van der Waals surface area contributed by atoms with Crippen molar-refractivity contribution < 1.29 is 13.0 Å². The first-order valence-electron chi connectivity index (χ1n) is 1.80. The van der Waals surface area contributed by atoms with Crippen molar-refractivity contribution in [2.75, 3.05) is 5.75 Å². The van der Waals surface area contributed by atoms with Crippen molar-refractivity contribution in [3.8, 4) is 0 Å². The Hall–Kier alpha value is 0.676. The Morgan fingerprint density at radius 1 is 1.50 bits per heavy atom. The molecule has 0 heterocycles. The molecule has 1 N–H and O–H groups in total. The third-order valence-corrected chi connectivity index (χ3v) is 1.21. The highest BCUT2D eigenvalue weighted by molar-refractivity contribution is 7.85. The third-order valence-electron chi connectivity index (χ3n) is 0.402. The first kappa shape index (κ1) is 11.5. The van der Waals surface area contributed by atoms with E-state index in [-0.39, 0.29) is 35.2 Å². The van der Waals surface area contributed by atoms with Gasteiger partial charge in [0, 0.05) is 0 Å². The zero-order valence-electron chi connectivity index (χ0n) is 3.79. The molecule has 0 aromatic heterocycles. The van der Waals surface area contributed by atoms with Gasteiger partial charge in [0.1, 0.15) is 0 Å². The maximum absolute atomic E-state index is 9.75. The minimum Gasteiger partial charge on any atom is -0.286 e. The molecule has 0 saturated heterocycles. The topological polar surface area (TPSA) is 54.4 Å². The number of rotatable bonds is 2. The van der Waals surface area contributed by atoms with E-state index in [4.69, 9.17) is 4.55 Å². The van der Waals surface area contributed by atoms with Crippen LogP contribution in [-0.2, 0) is 10.1 Å². The standard InChI is InChI=1S/C3H7O3S.Mg.2H/c1-2-3-7(4,5)6;;;/h1-3H2,(H,4,5,6);;;. The smallest absolute Gasteiger partial charge is 0.286 e. The summed E-state index contributed by atoms with van der Waals surface area (Å²) in [4.78, 5) is 0. The van der Waals surface area contributed by atoms with Gasteiger partial charge in [-0.3, -0.25) is 4.55 Å². The largest absolute Gasteiger partial charge is 0.316 e. The Morgan fingerprint density at radius 2 is 1.88 bits per heavy atom. The summed E-state index contributed by atoms with van der Waals surface area (Å²) in [6.45, 7) is 3.23. The van der Waals surface area contributed by atoms with E-state index in [1.54, 1.807) is 0 Å². The van der Waals surface area contributed by atoms with Gasteiger partial charge < -0.3 is 0 Å². The lowest BCUT2D eigenvalue weighted by Gasteiger charge is -1.85. The Kier molecular flexibility index (Phi) is 6.52. The van der Waals surface area contributed by atoms with Crippen LogP contribution in [0.3, 0.4) is 0 Å². The van der Waals surface area contributed by atoms with Crippen LogP contribution in [0.2, 0.25) is 0 Å². The van der Waals surface area contributed by atoms with E-state index < -0.39 is 10.1 Å². The second-order valence-corrected chi connectivity index (χ2v) is 2.71. The van der Waals surface area contributed by atoms with E-state index in [1.165, 1.54) is 0 Å². The van der Waals surface area contributed by atoms with Crippen molar-refractivity contribution in [2.45, 2.75) is 6.42 Å². The molecule has 0 aliphatic carbocycles. The highest BCUT2D eigenvalue weighted by atomic mass is 32.2. The fourth-order valence-electron chi connectivity index (χ4n) is 0.182. The summed E-state index contributed by atoms with van der Waals surface area (Å²) in [5.41, 5.74) is 0. The molecule has 0 aromatic carbocycles. The van der Waals surface area contributed by atoms with E-state index in [2.05, 4.69) is 6.92 Å². The molecule has 3 nitrogen and oxygen atoms in total. The predicted molar refractivity (Wildman–Crippen MR) is 34.9 cm³/mol. The molecule has 47 valence electrons. The van der Waals surface area contributed by atoms with Gasteiger partial charge in [-0.25, -0.2) is 0 Å². The molecule has 0 aromatic rings. The summed E-state index contributed by atoms with van der Waals surface area (Å²) >= 11 is 0. The molecule has 0 unspecified atom stereocenters. The maximum Gasteiger partial charge on any atom is 0.316 e. The Morgan fingerprint density at radius 3 is 1.88 bits per heavy atom. The molecule has 0 amide bonds. The molecular formula is C3H9MgO3S. The lowest BCUT2D eigenvalue weighted by atomic mass is 10.6. The van der Waals surface area contributed by atoms with Crippen LogP contribution in [-0.4, -0.2) is 41.8 Å². The Bertz CT molecular complexity index is 127. The summed E-state index contributed by atoms with van der Waals surface area (Å²) in [6.07, 6.45) is 0.221. The van der Waals surface area contributed by atoms with E-state index in [1.807, 2.05) is 0 Å². The predicted octanol–water partition coefficient (Wildman–Crippen LogP) is -0.818. The second kappa shape index (κ2) is 4.55. The van der Waals surface area contributed by atoms with Gasteiger partial charge in [-0.1, -0.05) is 6.92 Å². The summed E-state index contributed by atoms with van der Waals surface area (Å²) in [7, 11) is -3.74. The van der Waals surface area contributed by atoms with Gasteiger partial charge in [-0.2, -0.15) is 8.42 Å². The van der Waals surface area contributed by atoms with Crippen LogP contribution in [0.4, 0.5) is 0 Å². The lowest BCUT2D eigenvalue weighted by molar-refractivity contribution is 0.483. The van der Waals surface area contributed by atoms with Gasteiger partial charge in [0.2, 0.25) is 0 Å². The van der Waals surface area contributed by atoms with E-state index in [0.717, 1.165) is 0 Å². The van der Waals surface area contributed by atoms with Crippen molar-refractivity contribution in [1.82, 2.24) is 0 Å². The van der Waals surface area contributed by atoms with Crippen LogP contribution in [0, 0.1) is 6.92 Å². The SMILES string of the molecule is [CH2]CCS(=O)(=O)O.[MgH2]. The van der Waals surface area contributed by atoms with Crippen molar-refractivity contribution >= 4 is 33.2 Å². The molecule has 0 spiro atoms. The highest BCUT2D eigenvalue weighted by Gasteiger charge is 1.98. The van der Waals surface area contributed by atoms with E-state index >= 15 is 0 Å². The Balaban J connectivity index is 0. The quantitative estimate of drug-likeness (QED) is 0.412. The average molecular weight is 149 g/mol. The second-order valence-electron chi connectivity index (χ2n) is 1.14. The molecule has 0 atom stereocenters. The lowest BCUT2D eigenvalue weighted by Crippen LogP contribution is -2.01. The fourth-order valence-corrected chi connectivity index (χ4v) is 0.547. The Labute approximate surface area is 65.4 Å². The molecule has 0 bridgehead atoms. The van der Waals surface area contributed by atoms with Crippen molar-refractivity contribution in [1.29, 1.82) is 0 Å². The van der Waals surface area contributed by atoms with Gasteiger partial charge in [0.05, 0.1) is 5.75 Å². The monoisotopic (exact) mass is 149 g/mol. The summed E-state index contributed by atoms with van der Waals surface area (Å²) in [5, 5.41) is 0. The first-order chi connectivity index (χ1) is 3.06. The van der Waals surface area contributed by atoms with Gasteiger partial charge in [0.15, 0.2) is 0 Å². The molecule has 0 aliphatic rings. The van der Waals surface area contributed by atoms with Gasteiger partial charge >= 0.3 is 23.1 Å². The van der Waals surface area contributed by atoms with Crippen LogP contribution in [0.5, 0.6) is 0 Å². The number of hydrogen-bond donors (Lipinski definition) is 1. The zero-order chi connectivity index (χ0) is 5.91. The van der Waals surface area contributed by atoms with Gasteiger partial charge in [-0.15, -0.1) is 0 Å². The fraction of sp³-hybridized carbons (Fsp3) is 0.667. The molecular weight excluding hydrogens is 140 g/mol. The minimum absolute atomic E-state index is 0. The van der Waals surface area contributed by atoms with Crippen LogP contribution in [0.25, 0.3) is 0 Å². The van der Waals surface area contributed by atoms with Gasteiger partial charge in [-0.05, 0) is 6.42 Å². The molecule has 8 heavy (non-hydrogen) atoms. The van der Waals surface area contributed by atoms with Crippen molar-refractivity contribution in [3.05, 3.63) is 6.92 Å². The summed E-state index contributed by atoms with van der Waals surface area (Å²) in [5.74, 6) is -0.243. The molecule has 0 saturated carbocycles. The molecule has 0 aliphatic heterocycles. The molecule has 0 fully saturated rings. The third kappa shape index (κ3) is 9.84. The van der Waals surface area contributed by atoms with Crippen molar-refractivity contribution in [2.24, 2.45) is 0 Å². The zero-order valence-corrected chi connectivity index (χ0v) is 4.61. The van der Waals surface area contributed by atoms with E-state index in [0.29, 0.717) is 0 Å². The molecule has 1 radical (unpaired) electrons. The first-order valence-corrected chi connectivity index (χ1v) is 3.41. The van der Waals surface area contributed by atoms with E-state index in [9.17, 15) is 8.42 Å². The normalized spacial score (nSPS) is 10.2. The van der Waals surface area contributed by atoms with Crippen LogP contribution < -0.4 is 0 Å². The molecule has 5 heteroatoms. The average Bonchev–Trinajstić information content (AvgIpc) is 1.30. The maximum atomic E-state index is 9.75. The summed E-state index contributed by atoms with van der Waals surface area (Å²) in [6, 6.07) is 0. The van der Waals surface area contributed by atoms with Crippen molar-refractivity contribution in [3.63, 3.8) is 0 Å². The minimum atomic E-state index is -3.74. The summed E-state index contributed by atoms with van der Waals surface area (Å²) < 4.78 is 27.4.